The van der Waals surface area contributed by atoms with Crippen LogP contribution in [0.5, 0.6) is 0 Å². The average molecular weight is 318 g/mol. The first-order valence-electron chi connectivity index (χ1n) is 7.68. The number of aromatic nitrogens is 2. The third-order valence-electron chi connectivity index (χ3n) is 3.52. The van der Waals surface area contributed by atoms with Gasteiger partial charge in [0.1, 0.15) is 5.82 Å². The lowest BCUT2D eigenvalue weighted by molar-refractivity contribution is 0.102. The number of nitrogens with one attached hydrogen (secondary N) is 2. The van der Waals surface area contributed by atoms with Crippen molar-refractivity contribution in [2.45, 2.75) is 13.5 Å². The maximum atomic E-state index is 12.1. The molecule has 1 amide bonds. The highest BCUT2D eigenvalue weighted by molar-refractivity contribution is 6.03. The Morgan fingerprint density at radius 3 is 2.50 bits per heavy atom. The van der Waals surface area contributed by atoms with Crippen molar-refractivity contribution in [3.8, 4) is 0 Å². The Bertz CT molecular complexity index is 799. The molecule has 0 atom stereocenters. The van der Waals surface area contributed by atoms with Gasteiger partial charge < -0.3 is 10.6 Å². The Balaban J connectivity index is 1.58. The van der Waals surface area contributed by atoms with E-state index >= 15 is 0 Å². The molecule has 5 nitrogen and oxygen atoms in total. The second-order valence-corrected chi connectivity index (χ2v) is 5.43. The summed E-state index contributed by atoms with van der Waals surface area (Å²) >= 11 is 0. The van der Waals surface area contributed by atoms with Crippen LogP contribution in [-0.2, 0) is 6.54 Å². The first kappa shape index (κ1) is 15.7. The number of nitrogens with zero attached hydrogens (tertiary/aromatic N) is 2. The molecule has 0 saturated carbocycles. The summed E-state index contributed by atoms with van der Waals surface area (Å²) in [4.78, 5) is 20.7. The molecule has 2 heterocycles. The van der Waals surface area contributed by atoms with Crippen LogP contribution in [0.15, 0.2) is 67.0 Å². The Hall–Kier alpha value is -3.21. The molecule has 24 heavy (non-hydrogen) atoms. The number of aryl methyl sites for hydroxylation is 1. The van der Waals surface area contributed by atoms with E-state index in [2.05, 4.69) is 20.6 Å². The van der Waals surface area contributed by atoms with Crippen LogP contribution in [0.4, 0.5) is 11.5 Å². The van der Waals surface area contributed by atoms with Crippen LogP contribution in [0.3, 0.4) is 0 Å². The number of carbonyl (C=O) groups is 1. The van der Waals surface area contributed by atoms with Crippen LogP contribution in [-0.4, -0.2) is 15.9 Å². The number of pyridine rings is 2. The fourth-order valence-electron chi connectivity index (χ4n) is 2.16. The standard InChI is InChI=1S/C19H18N4O/c1-14-5-7-15(8-6-14)19(24)23-18-10-9-17(13-22-18)21-12-16-4-2-3-11-20-16/h2-11,13,21H,12H2,1H3,(H,22,23,24). The molecule has 0 aliphatic heterocycles. The summed E-state index contributed by atoms with van der Waals surface area (Å²) < 4.78 is 0. The number of amides is 1. The molecule has 2 N–H and O–H groups in total. The van der Waals surface area contributed by atoms with Crippen molar-refractivity contribution in [3.63, 3.8) is 0 Å². The van der Waals surface area contributed by atoms with Crippen LogP contribution in [0, 0.1) is 6.92 Å². The summed E-state index contributed by atoms with van der Waals surface area (Å²) in [6, 6.07) is 16.9. The zero-order valence-electron chi connectivity index (χ0n) is 13.4. The Kier molecular flexibility index (Phi) is 4.81. The summed E-state index contributed by atoms with van der Waals surface area (Å²) in [5.41, 5.74) is 3.55. The quantitative estimate of drug-likeness (QED) is 0.753. The molecule has 1 aromatic carbocycles. The van der Waals surface area contributed by atoms with Crippen LogP contribution >= 0.6 is 0 Å². The van der Waals surface area contributed by atoms with Crippen molar-refractivity contribution in [3.05, 3.63) is 83.8 Å². The summed E-state index contributed by atoms with van der Waals surface area (Å²) in [6.45, 7) is 2.61. The fraction of sp³-hybridized carbons (Fsp3) is 0.105. The molecule has 3 aromatic rings. The first-order chi connectivity index (χ1) is 11.7. The van der Waals surface area contributed by atoms with Gasteiger partial charge in [0, 0.05) is 11.8 Å². The van der Waals surface area contributed by atoms with Gasteiger partial charge in [-0.3, -0.25) is 9.78 Å². The summed E-state index contributed by atoms with van der Waals surface area (Å²) in [7, 11) is 0. The molecule has 3 rings (SSSR count). The smallest absolute Gasteiger partial charge is 0.256 e. The highest BCUT2D eigenvalue weighted by atomic mass is 16.1. The minimum atomic E-state index is -0.170. The number of anilines is 2. The fourth-order valence-corrected chi connectivity index (χ4v) is 2.16. The number of hydrogen-bond donors (Lipinski definition) is 2. The van der Waals surface area contributed by atoms with Crippen molar-refractivity contribution < 1.29 is 4.79 Å². The SMILES string of the molecule is Cc1ccc(C(=O)Nc2ccc(NCc3ccccn3)cn2)cc1. The maximum absolute atomic E-state index is 12.1. The molecule has 5 heteroatoms. The molecule has 0 radical (unpaired) electrons. The minimum absolute atomic E-state index is 0.170. The minimum Gasteiger partial charge on any atom is -0.378 e. The summed E-state index contributed by atoms with van der Waals surface area (Å²) in [5, 5.41) is 6.03. The molecule has 0 fully saturated rings. The van der Waals surface area contributed by atoms with E-state index in [0.29, 0.717) is 17.9 Å². The van der Waals surface area contributed by atoms with Crippen molar-refractivity contribution in [2.24, 2.45) is 0 Å². The van der Waals surface area contributed by atoms with Gasteiger partial charge in [0.2, 0.25) is 0 Å². The number of rotatable bonds is 5. The second-order valence-electron chi connectivity index (χ2n) is 5.43. The molecule has 0 bridgehead atoms. The topological polar surface area (TPSA) is 66.9 Å². The predicted molar refractivity (Wildman–Crippen MR) is 94.9 cm³/mol. The van der Waals surface area contributed by atoms with Crippen molar-refractivity contribution in [1.82, 2.24) is 9.97 Å². The van der Waals surface area contributed by atoms with Gasteiger partial charge in [0.05, 0.1) is 24.1 Å². The van der Waals surface area contributed by atoms with Crippen LogP contribution in [0.1, 0.15) is 21.6 Å². The lowest BCUT2D eigenvalue weighted by atomic mass is 10.1. The van der Waals surface area contributed by atoms with E-state index in [0.717, 1.165) is 16.9 Å². The summed E-state index contributed by atoms with van der Waals surface area (Å²) in [6.07, 6.45) is 3.45. The van der Waals surface area contributed by atoms with Gasteiger partial charge in [-0.2, -0.15) is 0 Å². The third kappa shape index (κ3) is 4.16. The number of hydrogen-bond acceptors (Lipinski definition) is 4. The van der Waals surface area contributed by atoms with Crippen molar-refractivity contribution >= 4 is 17.4 Å². The lowest BCUT2D eigenvalue weighted by Crippen LogP contribution is -2.13. The molecule has 120 valence electrons. The molecule has 2 aromatic heterocycles. The van der Waals surface area contributed by atoms with E-state index in [-0.39, 0.29) is 5.91 Å². The van der Waals surface area contributed by atoms with Crippen LogP contribution in [0.2, 0.25) is 0 Å². The Morgan fingerprint density at radius 2 is 1.83 bits per heavy atom. The van der Waals surface area contributed by atoms with Crippen LogP contribution < -0.4 is 10.6 Å². The monoisotopic (exact) mass is 318 g/mol. The first-order valence-corrected chi connectivity index (χ1v) is 7.68. The zero-order chi connectivity index (χ0) is 16.8. The summed E-state index contributed by atoms with van der Waals surface area (Å²) in [5.74, 6) is 0.348. The zero-order valence-corrected chi connectivity index (χ0v) is 13.4. The molecular formula is C19H18N4O. The Morgan fingerprint density at radius 1 is 1.00 bits per heavy atom. The largest absolute Gasteiger partial charge is 0.378 e. The highest BCUT2D eigenvalue weighted by Gasteiger charge is 2.06. The highest BCUT2D eigenvalue weighted by Crippen LogP contribution is 2.12. The molecule has 0 aliphatic carbocycles. The second kappa shape index (κ2) is 7.37. The van der Waals surface area contributed by atoms with E-state index in [1.807, 2.05) is 43.3 Å². The van der Waals surface area contributed by atoms with Gasteiger partial charge in [-0.15, -0.1) is 0 Å². The number of carbonyl (C=O) groups excluding carboxylic acids is 1. The molecule has 0 spiro atoms. The normalized spacial score (nSPS) is 10.2. The van der Waals surface area contributed by atoms with Gasteiger partial charge in [-0.05, 0) is 43.3 Å². The van der Waals surface area contributed by atoms with Crippen molar-refractivity contribution in [1.29, 1.82) is 0 Å². The van der Waals surface area contributed by atoms with E-state index in [4.69, 9.17) is 0 Å². The number of benzene rings is 1. The Labute approximate surface area is 140 Å². The molecule has 0 aliphatic rings. The van der Waals surface area contributed by atoms with Crippen LogP contribution in [0.25, 0.3) is 0 Å². The third-order valence-corrected chi connectivity index (χ3v) is 3.52. The van der Waals surface area contributed by atoms with E-state index in [1.165, 1.54) is 0 Å². The average Bonchev–Trinajstić information content (AvgIpc) is 2.62. The lowest BCUT2D eigenvalue weighted by Gasteiger charge is -2.08. The van der Waals surface area contributed by atoms with E-state index in [9.17, 15) is 4.79 Å². The van der Waals surface area contributed by atoms with Gasteiger partial charge in [-0.25, -0.2) is 4.98 Å². The van der Waals surface area contributed by atoms with Gasteiger partial charge >= 0.3 is 0 Å². The van der Waals surface area contributed by atoms with E-state index < -0.39 is 0 Å². The molecular weight excluding hydrogens is 300 g/mol. The van der Waals surface area contributed by atoms with Gasteiger partial charge in [0.25, 0.3) is 5.91 Å². The molecule has 0 unspecified atom stereocenters. The van der Waals surface area contributed by atoms with Gasteiger partial charge in [0.15, 0.2) is 0 Å². The van der Waals surface area contributed by atoms with Gasteiger partial charge in [-0.1, -0.05) is 23.8 Å². The molecule has 0 saturated heterocycles. The van der Waals surface area contributed by atoms with Crippen molar-refractivity contribution in [2.75, 3.05) is 10.6 Å². The maximum Gasteiger partial charge on any atom is 0.256 e. The van der Waals surface area contributed by atoms with E-state index in [1.54, 1.807) is 30.6 Å². The predicted octanol–water partition coefficient (Wildman–Crippen LogP) is 3.65.